The van der Waals surface area contributed by atoms with E-state index in [-0.39, 0.29) is 11.9 Å². The van der Waals surface area contributed by atoms with E-state index in [2.05, 4.69) is 33.5 Å². The highest BCUT2D eigenvalue weighted by atomic mass is 16.5. The third kappa shape index (κ3) is 4.08. The summed E-state index contributed by atoms with van der Waals surface area (Å²) in [4.78, 5) is 23.8. The number of hydrogen-bond acceptors (Lipinski definition) is 5. The standard InChI is InChI=1S/C24H28N4O2/c1-16-15-17(2)27-24(26-16)25-13-12-23(29)28-14-6-9-21(28)19-10-11-22(30-3)20-8-5-4-7-18(19)20/h4-5,7-8,10-11,15,21H,6,9,12-14H2,1-3H3,(H,25,26,27)/t21-/m1/s1. The largest absolute Gasteiger partial charge is 0.496 e. The van der Waals surface area contributed by atoms with Crippen LogP contribution in [0.2, 0.25) is 0 Å². The van der Waals surface area contributed by atoms with Gasteiger partial charge in [-0.1, -0.05) is 30.3 Å². The quantitative estimate of drug-likeness (QED) is 0.659. The molecule has 30 heavy (non-hydrogen) atoms. The van der Waals surface area contributed by atoms with Gasteiger partial charge in [0.15, 0.2) is 0 Å². The van der Waals surface area contributed by atoms with Crippen LogP contribution in [0, 0.1) is 13.8 Å². The molecule has 1 amide bonds. The molecule has 0 aliphatic carbocycles. The molecule has 1 aromatic heterocycles. The number of amides is 1. The van der Waals surface area contributed by atoms with E-state index in [9.17, 15) is 4.79 Å². The van der Waals surface area contributed by atoms with Crippen LogP contribution in [0.1, 0.15) is 42.3 Å². The first kappa shape index (κ1) is 20.1. The Hall–Kier alpha value is -3.15. The molecule has 4 rings (SSSR count). The van der Waals surface area contributed by atoms with E-state index < -0.39 is 0 Å². The van der Waals surface area contributed by atoms with Crippen LogP contribution in [0.15, 0.2) is 42.5 Å². The Balaban J connectivity index is 1.48. The van der Waals surface area contributed by atoms with Crippen LogP contribution < -0.4 is 10.1 Å². The third-order valence-electron chi connectivity index (χ3n) is 5.67. The van der Waals surface area contributed by atoms with Gasteiger partial charge in [-0.3, -0.25) is 4.79 Å². The van der Waals surface area contributed by atoms with Crippen molar-refractivity contribution in [2.24, 2.45) is 0 Å². The maximum absolute atomic E-state index is 13.0. The second kappa shape index (κ2) is 8.69. The predicted molar refractivity (Wildman–Crippen MR) is 119 cm³/mol. The van der Waals surface area contributed by atoms with Gasteiger partial charge in [0.2, 0.25) is 11.9 Å². The van der Waals surface area contributed by atoms with E-state index >= 15 is 0 Å². The maximum atomic E-state index is 13.0. The van der Waals surface area contributed by atoms with Crippen molar-refractivity contribution in [3.63, 3.8) is 0 Å². The number of aryl methyl sites for hydroxylation is 2. The highest BCUT2D eigenvalue weighted by Gasteiger charge is 2.30. The summed E-state index contributed by atoms with van der Waals surface area (Å²) in [5, 5.41) is 5.44. The van der Waals surface area contributed by atoms with Crippen LogP contribution in [0.5, 0.6) is 5.75 Å². The third-order valence-corrected chi connectivity index (χ3v) is 5.67. The molecule has 1 fully saturated rings. The van der Waals surface area contributed by atoms with Gasteiger partial charge >= 0.3 is 0 Å². The molecule has 0 spiro atoms. The first-order chi connectivity index (χ1) is 14.6. The zero-order valence-electron chi connectivity index (χ0n) is 17.8. The van der Waals surface area contributed by atoms with Crippen molar-refractivity contribution >= 4 is 22.6 Å². The van der Waals surface area contributed by atoms with Crippen molar-refractivity contribution in [1.82, 2.24) is 14.9 Å². The second-order valence-corrected chi connectivity index (χ2v) is 7.80. The summed E-state index contributed by atoms with van der Waals surface area (Å²) >= 11 is 0. The summed E-state index contributed by atoms with van der Waals surface area (Å²) in [6.45, 7) is 5.20. The van der Waals surface area contributed by atoms with Gasteiger partial charge in [0.05, 0.1) is 13.2 Å². The average molecular weight is 405 g/mol. The number of methoxy groups -OCH3 is 1. The number of carbonyl (C=O) groups is 1. The highest BCUT2D eigenvalue weighted by molar-refractivity contribution is 5.92. The predicted octanol–water partition coefficient (Wildman–Crippen LogP) is 4.42. The molecule has 1 N–H and O–H groups in total. The first-order valence-corrected chi connectivity index (χ1v) is 10.5. The molecule has 1 aliphatic rings. The number of hydrogen-bond donors (Lipinski definition) is 1. The first-order valence-electron chi connectivity index (χ1n) is 10.5. The minimum atomic E-state index is 0.103. The fourth-order valence-electron chi connectivity index (χ4n) is 4.38. The van der Waals surface area contributed by atoms with Crippen molar-refractivity contribution < 1.29 is 9.53 Å². The Bertz CT molecular complexity index is 1050. The van der Waals surface area contributed by atoms with E-state index in [0.29, 0.717) is 18.9 Å². The molecular formula is C24H28N4O2. The van der Waals surface area contributed by atoms with Gasteiger partial charge in [-0.2, -0.15) is 0 Å². The summed E-state index contributed by atoms with van der Waals surface area (Å²) in [6.07, 6.45) is 2.42. The summed E-state index contributed by atoms with van der Waals surface area (Å²) < 4.78 is 5.53. The lowest BCUT2D eigenvalue weighted by Gasteiger charge is -2.26. The summed E-state index contributed by atoms with van der Waals surface area (Å²) in [6, 6.07) is 14.4. The van der Waals surface area contributed by atoms with E-state index in [0.717, 1.165) is 47.3 Å². The van der Waals surface area contributed by atoms with Gasteiger partial charge in [-0.15, -0.1) is 0 Å². The van der Waals surface area contributed by atoms with Crippen LogP contribution in [0.25, 0.3) is 10.8 Å². The Morgan fingerprint density at radius 3 is 2.60 bits per heavy atom. The molecule has 0 unspecified atom stereocenters. The summed E-state index contributed by atoms with van der Waals surface area (Å²) in [7, 11) is 1.69. The van der Waals surface area contributed by atoms with Crippen molar-refractivity contribution in [1.29, 1.82) is 0 Å². The average Bonchev–Trinajstić information content (AvgIpc) is 3.22. The van der Waals surface area contributed by atoms with Crippen molar-refractivity contribution in [3.05, 3.63) is 59.4 Å². The number of aromatic nitrogens is 2. The molecule has 1 aliphatic heterocycles. The molecule has 3 aromatic rings. The van der Waals surface area contributed by atoms with Crippen LogP contribution in [-0.2, 0) is 4.79 Å². The number of ether oxygens (including phenoxy) is 1. The number of likely N-dealkylation sites (tertiary alicyclic amines) is 1. The van der Waals surface area contributed by atoms with Crippen LogP contribution in [0.4, 0.5) is 5.95 Å². The number of nitrogens with one attached hydrogen (secondary N) is 1. The van der Waals surface area contributed by atoms with Crippen LogP contribution >= 0.6 is 0 Å². The van der Waals surface area contributed by atoms with Crippen LogP contribution in [0.3, 0.4) is 0 Å². The lowest BCUT2D eigenvalue weighted by atomic mass is 9.96. The monoisotopic (exact) mass is 404 g/mol. The molecule has 0 saturated carbocycles. The SMILES string of the molecule is COc1ccc([C@H]2CCCN2C(=O)CCNc2nc(C)cc(C)n2)c2ccccc12. The number of nitrogens with zero attached hydrogens (tertiary/aromatic N) is 3. The molecule has 0 radical (unpaired) electrons. The minimum absolute atomic E-state index is 0.103. The van der Waals surface area contributed by atoms with Gasteiger partial charge in [0.25, 0.3) is 0 Å². The van der Waals surface area contributed by atoms with Gasteiger partial charge in [0, 0.05) is 36.3 Å². The summed E-state index contributed by atoms with van der Waals surface area (Å²) in [5.74, 6) is 1.61. The molecule has 2 heterocycles. The number of benzene rings is 2. The summed E-state index contributed by atoms with van der Waals surface area (Å²) in [5.41, 5.74) is 3.03. The molecule has 6 nitrogen and oxygen atoms in total. The van der Waals surface area contributed by atoms with E-state index in [1.807, 2.05) is 43.0 Å². The number of anilines is 1. The van der Waals surface area contributed by atoms with E-state index in [1.165, 1.54) is 5.56 Å². The van der Waals surface area contributed by atoms with Gasteiger partial charge in [-0.05, 0) is 49.8 Å². The zero-order valence-corrected chi connectivity index (χ0v) is 17.8. The smallest absolute Gasteiger partial charge is 0.224 e. The highest BCUT2D eigenvalue weighted by Crippen LogP contribution is 2.38. The van der Waals surface area contributed by atoms with Crippen molar-refractivity contribution in [2.75, 3.05) is 25.5 Å². The lowest BCUT2D eigenvalue weighted by Crippen LogP contribution is -2.32. The lowest BCUT2D eigenvalue weighted by molar-refractivity contribution is -0.131. The molecule has 0 bridgehead atoms. The fraction of sp³-hybridized carbons (Fsp3) is 0.375. The number of rotatable bonds is 6. The molecule has 1 atom stereocenters. The topological polar surface area (TPSA) is 67.3 Å². The number of fused-ring (bicyclic) bond motifs is 1. The zero-order chi connectivity index (χ0) is 21.1. The Morgan fingerprint density at radius 1 is 1.13 bits per heavy atom. The Morgan fingerprint density at radius 2 is 1.87 bits per heavy atom. The van der Waals surface area contributed by atoms with E-state index in [4.69, 9.17) is 4.74 Å². The van der Waals surface area contributed by atoms with Gasteiger partial charge < -0.3 is 15.0 Å². The van der Waals surface area contributed by atoms with Crippen molar-refractivity contribution in [3.8, 4) is 5.75 Å². The number of carbonyl (C=O) groups excluding carboxylic acids is 1. The molecule has 156 valence electrons. The molecule has 6 heteroatoms. The minimum Gasteiger partial charge on any atom is -0.496 e. The maximum Gasteiger partial charge on any atom is 0.224 e. The Kier molecular flexibility index (Phi) is 5.84. The van der Waals surface area contributed by atoms with Crippen LogP contribution in [-0.4, -0.2) is 41.0 Å². The Labute approximate surface area is 177 Å². The van der Waals surface area contributed by atoms with Gasteiger partial charge in [0.1, 0.15) is 5.75 Å². The van der Waals surface area contributed by atoms with Gasteiger partial charge in [-0.25, -0.2) is 9.97 Å². The molecule has 1 saturated heterocycles. The fourth-order valence-corrected chi connectivity index (χ4v) is 4.38. The molecule has 2 aromatic carbocycles. The second-order valence-electron chi connectivity index (χ2n) is 7.80. The van der Waals surface area contributed by atoms with E-state index in [1.54, 1.807) is 7.11 Å². The van der Waals surface area contributed by atoms with Crippen molar-refractivity contribution in [2.45, 2.75) is 39.2 Å². The normalized spacial score (nSPS) is 16.1. The molecular weight excluding hydrogens is 376 g/mol.